The highest BCUT2D eigenvalue weighted by Crippen LogP contribution is 2.34. The molecule has 3 atom stereocenters. The van der Waals surface area contributed by atoms with Crippen LogP contribution in [0.25, 0.3) is 0 Å². The summed E-state index contributed by atoms with van der Waals surface area (Å²) in [6.07, 6.45) is 13.2. The second kappa shape index (κ2) is 7.14. The molecule has 0 spiro atoms. The van der Waals surface area contributed by atoms with E-state index in [0.717, 1.165) is 38.0 Å². The van der Waals surface area contributed by atoms with Crippen molar-refractivity contribution in [3.8, 4) is 6.07 Å². The van der Waals surface area contributed by atoms with Gasteiger partial charge < -0.3 is 5.11 Å². The number of hydrogen-bond acceptors (Lipinski definition) is 2. The van der Waals surface area contributed by atoms with Crippen LogP contribution in [0.5, 0.6) is 0 Å². The smallest absolute Gasteiger partial charge is 0.0655 e. The fourth-order valence-corrected chi connectivity index (χ4v) is 3.81. The van der Waals surface area contributed by atoms with Gasteiger partial charge in [-0.25, -0.2) is 0 Å². The molecule has 0 aromatic heterocycles. The zero-order valence-corrected chi connectivity index (χ0v) is 11.5. The summed E-state index contributed by atoms with van der Waals surface area (Å²) in [5, 5.41) is 19.3. The topological polar surface area (TPSA) is 44.0 Å². The maximum atomic E-state index is 10.3. The minimum Gasteiger partial charge on any atom is -0.393 e. The van der Waals surface area contributed by atoms with E-state index in [1.54, 1.807) is 0 Å². The van der Waals surface area contributed by atoms with E-state index in [-0.39, 0.29) is 12.0 Å². The molecule has 18 heavy (non-hydrogen) atoms. The Morgan fingerprint density at radius 2 is 1.83 bits per heavy atom. The molecule has 3 unspecified atom stereocenters. The van der Waals surface area contributed by atoms with Crippen LogP contribution in [-0.4, -0.2) is 11.2 Å². The third-order valence-electron chi connectivity index (χ3n) is 5.04. The predicted octanol–water partition coefficient (Wildman–Crippen LogP) is 4.04. The Labute approximate surface area is 111 Å². The van der Waals surface area contributed by atoms with Gasteiger partial charge in [-0.1, -0.05) is 38.5 Å². The average Bonchev–Trinajstić information content (AvgIpc) is 2.46. The molecule has 2 heteroatoms. The highest BCUT2D eigenvalue weighted by Gasteiger charge is 2.27. The van der Waals surface area contributed by atoms with Crippen LogP contribution in [-0.2, 0) is 0 Å². The monoisotopic (exact) mass is 249 g/mol. The van der Waals surface area contributed by atoms with E-state index in [9.17, 15) is 5.11 Å². The second-order valence-electron chi connectivity index (χ2n) is 6.40. The van der Waals surface area contributed by atoms with Gasteiger partial charge in [-0.2, -0.15) is 5.26 Å². The predicted molar refractivity (Wildman–Crippen MR) is 72.9 cm³/mol. The summed E-state index contributed by atoms with van der Waals surface area (Å²) in [6, 6.07) is 2.38. The molecule has 2 saturated carbocycles. The first-order chi connectivity index (χ1) is 8.79. The maximum absolute atomic E-state index is 10.3. The van der Waals surface area contributed by atoms with Crippen LogP contribution in [0, 0.1) is 29.1 Å². The van der Waals surface area contributed by atoms with Gasteiger partial charge in [-0.15, -0.1) is 0 Å². The molecule has 0 bridgehead atoms. The molecule has 0 amide bonds. The van der Waals surface area contributed by atoms with Gasteiger partial charge >= 0.3 is 0 Å². The summed E-state index contributed by atoms with van der Waals surface area (Å²) in [5.41, 5.74) is 0. The van der Waals surface area contributed by atoms with E-state index in [4.69, 9.17) is 5.26 Å². The molecule has 2 rings (SSSR count). The molecular weight excluding hydrogens is 222 g/mol. The number of nitrogens with zero attached hydrogens (tertiary/aromatic N) is 1. The van der Waals surface area contributed by atoms with Gasteiger partial charge in [0.15, 0.2) is 0 Å². The molecule has 2 nitrogen and oxygen atoms in total. The highest BCUT2D eigenvalue weighted by molar-refractivity contribution is 4.89. The molecule has 0 heterocycles. The Morgan fingerprint density at radius 1 is 1.06 bits per heavy atom. The molecule has 1 N–H and O–H groups in total. The van der Waals surface area contributed by atoms with Crippen molar-refractivity contribution in [1.29, 1.82) is 5.26 Å². The third kappa shape index (κ3) is 3.99. The second-order valence-corrected chi connectivity index (χ2v) is 6.40. The van der Waals surface area contributed by atoms with Crippen LogP contribution in [0.4, 0.5) is 0 Å². The first-order valence-corrected chi connectivity index (χ1v) is 7.87. The van der Waals surface area contributed by atoms with Crippen LogP contribution < -0.4 is 0 Å². The average molecular weight is 249 g/mol. The van der Waals surface area contributed by atoms with Crippen molar-refractivity contribution in [2.24, 2.45) is 17.8 Å². The summed E-state index contributed by atoms with van der Waals surface area (Å²) < 4.78 is 0. The number of aliphatic hydroxyl groups is 1. The summed E-state index contributed by atoms with van der Waals surface area (Å²) in [4.78, 5) is 0. The van der Waals surface area contributed by atoms with Gasteiger partial charge in [0.2, 0.25) is 0 Å². The lowest BCUT2D eigenvalue weighted by Gasteiger charge is -2.30. The van der Waals surface area contributed by atoms with Crippen molar-refractivity contribution in [2.75, 3.05) is 0 Å². The molecule has 0 radical (unpaired) electrons. The van der Waals surface area contributed by atoms with E-state index in [0.29, 0.717) is 5.92 Å². The molecule has 0 saturated heterocycles. The fourth-order valence-electron chi connectivity index (χ4n) is 3.81. The molecule has 2 aliphatic carbocycles. The molecule has 2 aliphatic rings. The van der Waals surface area contributed by atoms with Crippen LogP contribution in [0.1, 0.15) is 70.6 Å². The number of nitriles is 1. The number of aliphatic hydroxyl groups excluding tert-OH is 1. The number of rotatable bonds is 4. The summed E-state index contributed by atoms with van der Waals surface area (Å²) >= 11 is 0. The van der Waals surface area contributed by atoms with Crippen LogP contribution in [0.2, 0.25) is 0 Å². The van der Waals surface area contributed by atoms with Crippen molar-refractivity contribution in [3.05, 3.63) is 0 Å². The summed E-state index contributed by atoms with van der Waals surface area (Å²) in [5.74, 6) is 1.46. The Morgan fingerprint density at radius 3 is 2.56 bits per heavy atom. The summed E-state index contributed by atoms with van der Waals surface area (Å²) in [6.45, 7) is 0. The molecular formula is C16H27NO. The van der Waals surface area contributed by atoms with Crippen molar-refractivity contribution in [2.45, 2.75) is 76.7 Å². The largest absolute Gasteiger partial charge is 0.393 e. The first-order valence-electron chi connectivity index (χ1n) is 7.87. The molecule has 2 fully saturated rings. The first kappa shape index (κ1) is 13.9. The van der Waals surface area contributed by atoms with E-state index >= 15 is 0 Å². The zero-order valence-electron chi connectivity index (χ0n) is 11.5. The molecule has 0 aromatic rings. The van der Waals surface area contributed by atoms with Gasteiger partial charge in [0.25, 0.3) is 0 Å². The van der Waals surface area contributed by atoms with Gasteiger partial charge in [0, 0.05) is 5.92 Å². The lowest BCUT2D eigenvalue weighted by atomic mass is 9.77. The van der Waals surface area contributed by atoms with E-state index < -0.39 is 0 Å². The van der Waals surface area contributed by atoms with Crippen LogP contribution in [0.3, 0.4) is 0 Å². The minimum absolute atomic E-state index is 0.150. The van der Waals surface area contributed by atoms with E-state index in [1.165, 1.54) is 38.5 Å². The number of hydrogen-bond donors (Lipinski definition) is 1. The van der Waals surface area contributed by atoms with Crippen molar-refractivity contribution in [3.63, 3.8) is 0 Å². The van der Waals surface area contributed by atoms with E-state index in [1.807, 2.05) is 0 Å². The molecule has 0 aromatic carbocycles. The van der Waals surface area contributed by atoms with Crippen molar-refractivity contribution in [1.82, 2.24) is 0 Å². The lowest BCUT2D eigenvalue weighted by Crippen LogP contribution is -2.27. The van der Waals surface area contributed by atoms with Crippen LogP contribution >= 0.6 is 0 Å². The van der Waals surface area contributed by atoms with Gasteiger partial charge in [-0.05, 0) is 43.9 Å². The standard InChI is InChI=1S/C16H27NO/c17-12-14-7-4-8-15(11-14)16(18)10-9-13-5-2-1-3-6-13/h13-16,18H,1-11H2. The normalized spacial score (nSPS) is 31.8. The van der Waals surface area contributed by atoms with Gasteiger partial charge in [0.05, 0.1) is 12.2 Å². The Bertz CT molecular complexity index is 277. The van der Waals surface area contributed by atoms with Crippen molar-refractivity contribution >= 4 is 0 Å². The van der Waals surface area contributed by atoms with Gasteiger partial charge in [-0.3, -0.25) is 0 Å². The van der Waals surface area contributed by atoms with Crippen molar-refractivity contribution < 1.29 is 5.11 Å². The maximum Gasteiger partial charge on any atom is 0.0655 e. The Hall–Kier alpha value is -0.550. The fraction of sp³-hybridized carbons (Fsp3) is 0.938. The Balaban J connectivity index is 1.70. The molecule has 0 aliphatic heterocycles. The lowest BCUT2D eigenvalue weighted by molar-refractivity contribution is 0.0619. The SMILES string of the molecule is N#CC1CCCC(C(O)CCC2CCCCC2)C1. The molecule has 102 valence electrons. The van der Waals surface area contributed by atoms with Gasteiger partial charge in [0.1, 0.15) is 0 Å². The highest BCUT2D eigenvalue weighted by atomic mass is 16.3. The quantitative estimate of drug-likeness (QED) is 0.817. The Kier molecular flexibility index (Phi) is 5.50. The minimum atomic E-state index is -0.150. The third-order valence-corrected chi connectivity index (χ3v) is 5.04. The zero-order chi connectivity index (χ0) is 12.8. The van der Waals surface area contributed by atoms with Crippen LogP contribution in [0.15, 0.2) is 0 Å². The summed E-state index contributed by atoms with van der Waals surface area (Å²) in [7, 11) is 0. The van der Waals surface area contributed by atoms with E-state index in [2.05, 4.69) is 6.07 Å².